The molecule has 8 nitrogen and oxygen atoms in total. The summed E-state index contributed by atoms with van der Waals surface area (Å²) in [4.78, 5) is 12.3. The lowest BCUT2D eigenvalue weighted by Crippen LogP contribution is -2.12. The summed E-state index contributed by atoms with van der Waals surface area (Å²) in [6.45, 7) is 6.39. The largest absolute Gasteiger partial charge is 0.494 e. The van der Waals surface area contributed by atoms with Crippen LogP contribution < -0.4 is 10.1 Å². The van der Waals surface area contributed by atoms with Crippen LogP contribution in [0, 0.1) is 13.8 Å². The van der Waals surface area contributed by atoms with E-state index >= 15 is 0 Å². The molecule has 1 amide bonds. The van der Waals surface area contributed by atoms with Crippen molar-refractivity contribution in [1.82, 2.24) is 19.9 Å². The van der Waals surface area contributed by atoms with E-state index in [-0.39, 0.29) is 5.91 Å². The molecule has 4 rings (SSSR count). The van der Waals surface area contributed by atoms with Gasteiger partial charge < -0.3 is 14.6 Å². The molecule has 2 heterocycles. The Morgan fingerprint density at radius 3 is 2.64 bits per heavy atom. The van der Waals surface area contributed by atoms with Crippen LogP contribution in [0.5, 0.6) is 5.75 Å². The number of aryl methyl sites for hydroxylation is 2. The quantitative estimate of drug-likeness (QED) is 0.347. The maximum atomic E-state index is 12.3. The molecule has 0 aliphatic carbocycles. The SMILES string of the molecule is CCOc1ccc(-n2c(SCCC(=O)Nc3cc(C)on3)nnc2-c2cccc(C)c2)cc1. The Morgan fingerprint density at radius 2 is 1.94 bits per heavy atom. The van der Waals surface area contributed by atoms with E-state index in [0.29, 0.717) is 35.5 Å². The number of carbonyl (C=O) groups is 1. The first-order valence-electron chi connectivity index (χ1n) is 10.6. The second-order valence-corrected chi connectivity index (χ2v) is 8.47. The molecule has 9 heteroatoms. The second kappa shape index (κ2) is 10.4. The number of aromatic nitrogens is 4. The predicted molar refractivity (Wildman–Crippen MR) is 128 cm³/mol. The average Bonchev–Trinajstić information content (AvgIpc) is 3.40. The van der Waals surface area contributed by atoms with Crippen LogP contribution in [0.4, 0.5) is 5.82 Å². The fourth-order valence-electron chi connectivity index (χ4n) is 3.29. The molecule has 2 aromatic carbocycles. The molecule has 0 unspecified atom stereocenters. The first-order chi connectivity index (χ1) is 16.0. The van der Waals surface area contributed by atoms with Crippen LogP contribution in [0.1, 0.15) is 24.7 Å². The van der Waals surface area contributed by atoms with Gasteiger partial charge in [0, 0.05) is 29.5 Å². The van der Waals surface area contributed by atoms with Crippen molar-refractivity contribution in [3.63, 3.8) is 0 Å². The first-order valence-corrected chi connectivity index (χ1v) is 11.6. The molecule has 0 saturated heterocycles. The van der Waals surface area contributed by atoms with Gasteiger partial charge in [0.25, 0.3) is 0 Å². The lowest BCUT2D eigenvalue weighted by Gasteiger charge is -2.12. The number of nitrogens with zero attached hydrogens (tertiary/aromatic N) is 4. The molecule has 0 radical (unpaired) electrons. The van der Waals surface area contributed by atoms with Crippen LogP contribution in [-0.2, 0) is 4.79 Å². The zero-order chi connectivity index (χ0) is 23.2. The molecule has 0 spiro atoms. The van der Waals surface area contributed by atoms with E-state index in [1.807, 2.05) is 60.9 Å². The Bertz CT molecular complexity index is 1230. The maximum absolute atomic E-state index is 12.3. The molecule has 4 aromatic rings. The molecule has 0 aliphatic rings. The highest BCUT2D eigenvalue weighted by Crippen LogP contribution is 2.29. The summed E-state index contributed by atoms with van der Waals surface area (Å²) in [5.41, 5.74) is 3.04. The molecular formula is C24H25N5O3S. The van der Waals surface area contributed by atoms with Crippen LogP contribution in [0.15, 0.2) is 64.3 Å². The third-order valence-corrected chi connectivity index (χ3v) is 5.70. The molecular weight excluding hydrogens is 438 g/mol. The zero-order valence-corrected chi connectivity index (χ0v) is 19.6. The summed E-state index contributed by atoms with van der Waals surface area (Å²) in [5.74, 6) is 3.01. The van der Waals surface area contributed by atoms with Gasteiger partial charge in [0.2, 0.25) is 5.91 Å². The lowest BCUT2D eigenvalue weighted by molar-refractivity contribution is -0.115. The minimum atomic E-state index is -0.137. The normalized spacial score (nSPS) is 10.9. The van der Waals surface area contributed by atoms with Gasteiger partial charge in [-0.3, -0.25) is 9.36 Å². The third kappa shape index (κ3) is 5.61. The number of benzene rings is 2. The van der Waals surface area contributed by atoms with Gasteiger partial charge in [0.15, 0.2) is 16.8 Å². The molecule has 0 saturated carbocycles. The number of anilines is 1. The third-order valence-electron chi connectivity index (χ3n) is 4.77. The second-order valence-electron chi connectivity index (χ2n) is 7.41. The van der Waals surface area contributed by atoms with E-state index in [2.05, 4.69) is 26.7 Å². The Balaban J connectivity index is 1.55. The van der Waals surface area contributed by atoms with Crippen molar-refractivity contribution in [2.75, 3.05) is 17.7 Å². The molecule has 2 aromatic heterocycles. The summed E-state index contributed by atoms with van der Waals surface area (Å²) in [6.07, 6.45) is 0.298. The van der Waals surface area contributed by atoms with Gasteiger partial charge in [0.1, 0.15) is 11.5 Å². The molecule has 33 heavy (non-hydrogen) atoms. The van der Waals surface area contributed by atoms with Crippen LogP contribution in [0.3, 0.4) is 0 Å². The minimum Gasteiger partial charge on any atom is -0.494 e. The van der Waals surface area contributed by atoms with Crippen LogP contribution >= 0.6 is 11.8 Å². The number of rotatable bonds is 9. The van der Waals surface area contributed by atoms with Gasteiger partial charge in [-0.25, -0.2) is 0 Å². The molecule has 170 valence electrons. The molecule has 0 fully saturated rings. The Morgan fingerprint density at radius 1 is 1.12 bits per heavy atom. The molecule has 0 bridgehead atoms. The molecule has 1 N–H and O–H groups in total. The molecule has 0 atom stereocenters. The first kappa shape index (κ1) is 22.6. The van der Waals surface area contributed by atoms with Crippen molar-refractivity contribution >= 4 is 23.5 Å². The van der Waals surface area contributed by atoms with E-state index in [1.54, 1.807) is 13.0 Å². The number of ether oxygens (including phenoxy) is 1. The summed E-state index contributed by atoms with van der Waals surface area (Å²) in [5, 5.41) is 16.1. The monoisotopic (exact) mass is 463 g/mol. The van der Waals surface area contributed by atoms with E-state index < -0.39 is 0 Å². The molecule has 0 aliphatic heterocycles. The summed E-state index contributed by atoms with van der Waals surface area (Å²) in [7, 11) is 0. The van der Waals surface area contributed by atoms with Gasteiger partial charge in [0.05, 0.1) is 6.61 Å². The average molecular weight is 464 g/mol. The fraction of sp³-hybridized carbons (Fsp3) is 0.250. The Labute approximate surface area is 196 Å². The summed E-state index contributed by atoms with van der Waals surface area (Å²) >= 11 is 1.47. The standard InChI is InChI=1S/C24H25N5O3S/c1-4-31-20-10-8-19(9-11-20)29-23(18-7-5-6-16(2)14-18)26-27-24(29)33-13-12-22(30)25-21-15-17(3)32-28-21/h5-11,14-15H,4,12-13H2,1-3H3,(H,25,28,30). The minimum absolute atomic E-state index is 0.137. The van der Waals surface area contributed by atoms with Crippen LogP contribution in [-0.4, -0.2) is 38.2 Å². The fourth-order valence-corrected chi connectivity index (χ4v) is 4.18. The summed E-state index contributed by atoms with van der Waals surface area (Å²) < 4.78 is 12.6. The van der Waals surface area contributed by atoms with Crippen molar-refractivity contribution in [3.05, 3.63) is 65.9 Å². The van der Waals surface area contributed by atoms with Gasteiger partial charge in [-0.15, -0.1) is 10.2 Å². The highest BCUT2D eigenvalue weighted by molar-refractivity contribution is 7.99. The van der Waals surface area contributed by atoms with Crippen molar-refractivity contribution in [1.29, 1.82) is 0 Å². The Kier molecular flexibility index (Phi) is 7.09. The van der Waals surface area contributed by atoms with Crippen molar-refractivity contribution in [2.24, 2.45) is 0 Å². The van der Waals surface area contributed by atoms with E-state index in [9.17, 15) is 4.79 Å². The van der Waals surface area contributed by atoms with E-state index in [0.717, 1.165) is 28.4 Å². The van der Waals surface area contributed by atoms with Crippen LogP contribution in [0.25, 0.3) is 17.1 Å². The van der Waals surface area contributed by atoms with E-state index in [1.165, 1.54) is 11.8 Å². The van der Waals surface area contributed by atoms with Gasteiger partial charge in [-0.05, 0) is 51.1 Å². The predicted octanol–water partition coefficient (Wildman–Crippen LogP) is 5.06. The van der Waals surface area contributed by atoms with Gasteiger partial charge in [-0.2, -0.15) is 0 Å². The van der Waals surface area contributed by atoms with E-state index in [4.69, 9.17) is 9.26 Å². The Hall–Kier alpha value is -3.59. The zero-order valence-electron chi connectivity index (χ0n) is 18.7. The van der Waals surface area contributed by atoms with Crippen molar-refractivity contribution in [3.8, 4) is 22.8 Å². The maximum Gasteiger partial charge on any atom is 0.226 e. The van der Waals surface area contributed by atoms with Gasteiger partial charge >= 0.3 is 0 Å². The number of nitrogens with one attached hydrogen (secondary N) is 1. The topological polar surface area (TPSA) is 95.1 Å². The summed E-state index contributed by atoms with van der Waals surface area (Å²) in [6, 6.07) is 17.7. The number of amides is 1. The highest BCUT2D eigenvalue weighted by Gasteiger charge is 2.17. The number of hydrogen-bond donors (Lipinski definition) is 1. The number of thioether (sulfide) groups is 1. The smallest absolute Gasteiger partial charge is 0.226 e. The number of carbonyl (C=O) groups excluding carboxylic acids is 1. The van der Waals surface area contributed by atoms with Crippen molar-refractivity contribution < 1.29 is 14.1 Å². The number of hydrogen-bond acceptors (Lipinski definition) is 7. The van der Waals surface area contributed by atoms with Gasteiger partial charge in [-0.1, -0.05) is 40.7 Å². The van der Waals surface area contributed by atoms with Crippen molar-refractivity contribution in [2.45, 2.75) is 32.3 Å². The lowest BCUT2D eigenvalue weighted by atomic mass is 10.1. The highest BCUT2D eigenvalue weighted by atomic mass is 32.2. The van der Waals surface area contributed by atoms with Crippen LogP contribution in [0.2, 0.25) is 0 Å².